The summed E-state index contributed by atoms with van der Waals surface area (Å²) in [6.45, 7) is 4.16. The fourth-order valence-corrected chi connectivity index (χ4v) is 4.23. The predicted molar refractivity (Wildman–Crippen MR) is 137 cm³/mol. The third-order valence-electron chi connectivity index (χ3n) is 6.72. The Morgan fingerprint density at radius 1 is 1.14 bits per heavy atom. The number of benzene rings is 2. The third kappa shape index (κ3) is 5.79. The summed E-state index contributed by atoms with van der Waals surface area (Å²) in [4.78, 5) is 42.1. The molecule has 3 N–H and O–H groups in total. The van der Waals surface area contributed by atoms with Gasteiger partial charge in [-0.15, -0.1) is 0 Å². The first kappa shape index (κ1) is 25.5. The number of rotatable bonds is 7. The molecule has 2 aromatic rings. The minimum Gasteiger partial charge on any atom is -0.485 e. The number of hydrogen-bond donors (Lipinski definition) is 3. The molecule has 0 aromatic heterocycles. The van der Waals surface area contributed by atoms with Crippen LogP contribution < -0.4 is 15.4 Å². The second kappa shape index (κ2) is 11.0. The smallest absolute Gasteiger partial charge is 0.321 e. The van der Waals surface area contributed by atoms with Crippen LogP contribution in [0.2, 0.25) is 0 Å². The standard InChI is InChI=1S/C27H34N4O5/c1-17-14-31(18(2)16-32)26(34)21-10-7-11-22(29-25(33)19-12-13-19)24(21)36-23(17)15-30(3)27(35)28-20-8-5-4-6-9-20/h4-11,17-19,23,32H,12-16H2,1-3H3,(H,28,35)(H,29,33)/t17-,18+,23+/m1/s1. The van der Waals surface area contributed by atoms with E-state index >= 15 is 0 Å². The fourth-order valence-electron chi connectivity index (χ4n) is 4.23. The Labute approximate surface area is 211 Å². The van der Waals surface area contributed by atoms with Crippen LogP contribution >= 0.6 is 0 Å². The molecule has 1 heterocycles. The Bertz CT molecular complexity index is 1100. The molecule has 36 heavy (non-hydrogen) atoms. The number of carbonyl (C=O) groups is 3. The number of aliphatic hydroxyl groups excluding tert-OH is 1. The molecular weight excluding hydrogens is 460 g/mol. The van der Waals surface area contributed by atoms with Gasteiger partial charge in [0.2, 0.25) is 5.91 Å². The minimum absolute atomic E-state index is 0.0152. The van der Waals surface area contributed by atoms with E-state index < -0.39 is 12.1 Å². The first-order chi connectivity index (χ1) is 17.3. The average molecular weight is 495 g/mol. The highest BCUT2D eigenvalue weighted by Crippen LogP contribution is 2.37. The maximum Gasteiger partial charge on any atom is 0.321 e. The van der Waals surface area contributed by atoms with Gasteiger partial charge in [0.05, 0.1) is 30.4 Å². The average Bonchev–Trinajstić information content (AvgIpc) is 3.72. The Morgan fingerprint density at radius 2 is 1.86 bits per heavy atom. The van der Waals surface area contributed by atoms with Crippen LogP contribution in [0.3, 0.4) is 0 Å². The summed E-state index contributed by atoms with van der Waals surface area (Å²) in [5, 5.41) is 15.6. The van der Waals surface area contributed by atoms with E-state index in [0.717, 1.165) is 12.8 Å². The number of hydrogen-bond acceptors (Lipinski definition) is 5. The number of para-hydroxylation sites is 2. The Kier molecular flexibility index (Phi) is 7.79. The van der Waals surface area contributed by atoms with Crippen molar-refractivity contribution in [2.45, 2.75) is 38.8 Å². The first-order valence-electron chi connectivity index (χ1n) is 12.4. The van der Waals surface area contributed by atoms with Gasteiger partial charge in [0.25, 0.3) is 5.91 Å². The molecule has 0 bridgehead atoms. The van der Waals surface area contributed by atoms with Crippen LogP contribution in [-0.2, 0) is 4.79 Å². The van der Waals surface area contributed by atoms with Crippen molar-refractivity contribution < 1.29 is 24.2 Å². The number of nitrogens with one attached hydrogen (secondary N) is 2. The Hall–Kier alpha value is -3.59. The van der Waals surface area contributed by atoms with E-state index in [1.54, 1.807) is 42.0 Å². The van der Waals surface area contributed by atoms with Gasteiger partial charge in [-0.25, -0.2) is 4.79 Å². The van der Waals surface area contributed by atoms with E-state index in [4.69, 9.17) is 4.74 Å². The molecule has 0 saturated heterocycles. The minimum atomic E-state index is -0.476. The third-order valence-corrected chi connectivity index (χ3v) is 6.72. The number of fused-ring (bicyclic) bond motifs is 1. The largest absolute Gasteiger partial charge is 0.485 e. The molecule has 1 aliphatic carbocycles. The zero-order valence-electron chi connectivity index (χ0n) is 20.9. The summed E-state index contributed by atoms with van der Waals surface area (Å²) in [5.41, 5.74) is 1.44. The Balaban J connectivity index is 1.62. The van der Waals surface area contributed by atoms with Crippen molar-refractivity contribution in [3.05, 3.63) is 54.1 Å². The number of anilines is 2. The number of ether oxygens (including phenoxy) is 1. The van der Waals surface area contributed by atoms with Gasteiger partial charge in [-0.2, -0.15) is 0 Å². The van der Waals surface area contributed by atoms with Crippen LogP contribution in [0.25, 0.3) is 0 Å². The van der Waals surface area contributed by atoms with Crippen LogP contribution in [0.4, 0.5) is 16.2 Å². The van der Waals surface area contributed by atoms with Crippen molar-refractivity contribution in [1.82, 2.24) is 9.80 Å². The molecule has 4 amide bonds. The van der Waals surface area contributed by atoms with Crippen LogP contribution in [0.5, 0.6) is 5.75 Å². The lowest BCUT2D eigenvalue weighted by molar-refractivity contribution is -0.117. The molecule has 1 aliphatic heterocycles. The summed E-state index contributed by atoms with van der Waals surface area (Å²) >= 11 is 0. The van der Waals surface area contributed by atoms with Crippen molar-refractivity contribution in [3.8, 4) is 5.75 Å². The number of urea groups is 1. The van der Waals surface area contributed by atoms with Crippen molar-refractivity contribution in [2.75, 3.05) is 37.4 Å². The summed E-state index contributed by atoms with van der Waals surface area (Å²) in [7, 11) is 1.69. The number of aliphatic hydroxyl groups is 1. The highest BCUT2D eigenvalue weighted by atomic mass is 16.5. The molecule has 2 aliphatic rings. The number of carbonyl (C=O) groups excluding carboxylic acids is 3. The maximum absolute atomic E-state index is 13.5. The second-order valence-corrected chi connectivity index (χ2v) is 9.75. The lowest BCUT2D eigenvalue weighted by Gasteiger charge is -2.38. The number of likely N-dealkylation sites (N-methyl/N-ethyl adjacent to an activating group) is 1. The molecule has 0 radical (unpaired) electrons. The van der Waals surface area contributed by atoms with E-state index in [0.29, 0.717) is 29.2 Å². The molecule has 9 nitrogen and oxygen atoms in total. The van der Waals surface area contributed by atoms with E-state index in [9.17, 15) is 19.5 Å². The van der Waals surface area contributed by atoms with Gasteiger partial charge in [-0.05, 0) is 44.0 Å². The van der Waals surface area contributed by atoms with Crippen LogP contribution in [-0.4, -0.2) is 71.6 Å². The van der Waals surface area contributed by atoms with Crippen molar-refractivity contribution in [3.63, 3.8) is 0 Å². The molecule has 0 unspecified atom stereocenters. The van der Waals surface area contributed by atoms with Crippen molar-refractivity contribution >= 4 is 29.2 Å². The van der Waals surface area contributed by atoms with Gasteiger partial charge in [-0.1, -0.05) is 31.2 Å². The van der Waals surface area contributed by atoms with E-state index in [-0.39, 0.29) is 42.8 Å². The monoisotopic (exact) mass is 494 g/mol. The molecular formula is C27H34N4O5. The molecule has 2 aromatic carbocycles. The normalized spacial score (nSPS) is 20.3. The lowest BCUT2D eigenvalue weighted by Crippen LogP contribution is -2.50. The molecule has 192 valence electrons. The quantitative estimate of drug-likeness (QED) is 0.546. The molecule has 9 heteroatoms. The van der Waals surface area contributed by atoms with Gasteiger partial charge < -0.3 is 30.3 Å². The molecule has 1 saturated carbocycles. The van der Waals surface area contributed by atoms with Gasteiger partial charge in [0.15, 0.2) is 5.75 Å². The summed E-state index contributed by atoms with van der Waals surface area (Å²) < 4.78 is 6.44. The van der Waals surface area contributed by atoms with Crippen LogP contribution in [0, 0.1) is 11.8 Å². The van der Waals surface area contributed by atoms with Gasteiger partial charge in [0, 0.05) is 31.1 Å². The Morgan fingerprint density at radius 3 is 2.53 bits per heavy atom. The number of amides is 4. The zero-order valence-corrected chi connectivity index (χ0v) is 20.9. The number of nitrogens with zero attached hydrogens (tertiary/aromatic N) is 2. The molecule has 3 atom stereocenters. The van der Waals surface area contributed by atoms with Gasteiger partial charge in [-0.3, -0.25) is 9.59 Å². The highest BCUT2D eigenvalue weighted by Gasteiger charge is 2.36. The molecule has 4 rings (SSSR count). The first-order valence-corrected chi connectivity index (χ1v) is 12.4. The lowest BCUT2D eigenvalue weighted by atomic mass is 9.99. The van der Waals surface area contributed by atoms with Crippen LogP contribution in [0.15, 0.2) is 48.5 Å². The van der Waals surface area contributed by atoms with E-state index in [2.05, 4.69) is 10.6 Å². The molecule has 0 spiro atoms. The van der Waals surface area contributed by atoms with Gasteiger partial charge in [0.1, 0.15) is 6.10 Å². The highest BCUT2D eigenvalue weighted by molar-refractivity contribution is 6.02. The fraction of sp³-hybridized carbons (Fsp3) is 0.444. The predicted octanol–water partition coefficient (Wildman–Crippen LogP) is 3.42. The van der Waals surface area contributed by atoms with Gasteiger partial charge >= 0.3 is 6.03 Å². The summed E-state index contributed by atoms with van der Waals surface area (Å²) in [5.74, 6) is -0.255. The van der Waals surface area contributed by atoms with E-state index in [1.165, 1.54) is 0 Å². The maximum atomic E-state index is 13.5. The SMILES string of the molecule is C[C@@H]1CN([C@@H](C)CO)C(=O)c2cccc(NC(=O)C3CC3)c2O[C@H]1CN(C)C(=O)Nc1ccccc1. The summed E-state index contributed by atoms with van der Waals surface area (Å²) in [6.07, 6.45) is 1.23. The van der Waals surface area contributed by atoms with E-state index in [1.807, 2.05) is 37.3 Å². The zero-order chi connectivity index (χ0) is 25.8. The second-order valence-electron chi connectivity index (χ2n) is 9.75. The van der Waals surface area contributed by atoms with Crippen molar-refractivity contribution in [1.29, 1.82) is 0 Å². The van der Waals surface area contributed by atoms with Crippen LogP contribution in [0.1, 0.15) is 37.0 Å². The summed E-state index contributed by atoms with van der Waals surface area (Å²) in [6, 6.07) is 13.6. The van der Waals surface area contributed by atoms with Crippen molar-refractivity contribution in [2.24, 2.45) is 11.8 Å². The topological polar surface area (TPSA) is 111 Å². The molecule has 1 fully saturated rings.